The molecule has 6 nitrogen and oxygen atoms in total. The van der Waals surface area contributed by atoms with E-state index in [2.05, 4.69) is 5.16 Å². The van der Waals surface area contributed by atoms with E-state index in [0.717, 1.165) is 5.56 Å². The quantitative estimate of drug-likeness (QED) is 0.835. The normalized spacial score (nSPS) is 25.5. The van der Waals surface area contributed by atoms with Crippen LogP contribution in [0.15, 0.2) is 40.9 Å². The highest BCUT2D eigenvalue weighted by atomic mass is 32.2. The monoisotopic (exact) mass is 318 g/mol. The molecule has 4 rings (SSSR count). The van der Waals surface area contributed by atoms with Crippen LogP contribution in [0.25, 0.3) is 11.3 Å². The van der Waals surface area contributed by atoms with Gasteiger partial charge in [-0.3, -0.25) is 4.79 Å². The Bertz CT molecular complexity index is 828. The third-order valence-electron chi connectivity index (χ3n) is 4.36. The first-order valence-electron chi connectivity index (χ1n) is 7.09. The van der Waals surface area contributed by atoms with Gasteiger partial charge in [0.15, 0.2) is 21.3 Å². The summed E-state index contributed by atoms with van der Waals surface area (Å²) in [6.07, 6.45) is 0.539. The minimum atomic E-state index is -3.01. The highest BCUT2D eigenvalue weighted by Gasteiger charge is 2.50. The van der Waals surface area contributed by atoms with E-state index in [1.807, 2.05) is 30.3 Å². The van der Waals surface area contributed by atoms with E-state index in [0.29, 0.717) is 12.2 Å². The summed E-state index contributed by atoms with van der Waals surface area (Å²) in [5.41, 5.74) is 1.07. The standard InChI is InChI=1S/C15H14N2O4S/c18-15(17-8-12-6-11(17)9-22(12,19)20)13-7-14(21-16-13)10-4-2-1-3-5-10/h1-5,7,11-12H,6,8-9H2. The Morgan fingerprint density at radius 1 is 1.27 bits per heavy atom. The van der Waals surface area contributed by atoms with E-state index >= 15 is 0 Å². The number of amides is 1. The van der Waals surface area contributed by atoms with Gasteiger partial charge in [-0.05, 0) is 6.42 Å². The molecule has 7 heteroatoms. The van der Waals surface area contributed by atoms with Gasteiger partial charge in [0.2, 0.25) is 0 Å². The van der Waals surface area contributed by atoms with Gasteiger partial charge in [-0.1, -0.05) is 35.5 Å². The van der Waals surface area contributed by atoms with E-state index in [1.54, 1.807) is 11.0 Å². The molecule has 0 radical (unpaired) electrons. The highest BCUT2D eigenvalue weighted by Crippen LogP contribution is 2.34. The van der Waals surface area contributed by atoms with Crippen molar-refractivity contribution in [3.05, 3.63) is 42.1 Å². The van der Waals surface area contributed by atoms with Gasteiger partial charge >= 0.3 is 0 Å². The number of fused-ring (bicyclic) bond motifs is 2. The molecule has 2 aliphatic heterocycles. The maximum Gasteiger partial charge on any atom is 0.276 e. The lowest BCUT2D eigenvalue weighted by Crippen LogP contribution is -2.44. The zero-order valence-corrected chi connectivity index (χ0v) is 12.5. The van der Waals surface area contributed by atoms with Gasteiger partial charge in [0.1, 0.15) is 0 Å². The highest BCUT2D eigenvalue weighted by molar-refractivity contribution is 7.92. The van der Waals surface area contributed by atoms with E-state index in [1.165, 1.54) is 0 Å². The molecule has 114 valence electrons. The summed E-state index contributed by atoms with van der Waals surface area (Å²) in [6, 6.07) is 10.8. The van der Waals surface area contributed by atoms with Crippen molar-refractivity contribution in [3.63, 3.8) is 0 Å². The Morgan fingerprint density at radius 2 is 2.05 bits per heavy atom. The summed E-state index contributed by atoms with van der Waals surface area (Å²) < 4.78 is 28.7. The van der Waals surface area contributed by atoms with Crippen molar-refractivity contribution in [2.45, 2.75) is 17.7 Å². The van der Waals surface area contributed by atoms with Crippen molar-refractivity contribution in [2.24, 2.45) is 0 Å². The maximum absolute atomic E-state index is 12.5. The topological polar surface area (TPSA) is 80.5 Å². The predicted octanol–water partition coefficient (Wildman–Crippen LogP) is 1.35. The van der Waals surface area contributed by atoms with Crippen LogP contribution in [0.2, 0.25) is 0 Å². The minimum Gasteiger partial charge on any atom is -0.355 e. The van der Waals surface area contributed by atoms with Gasteiger partial charge < -0.3 is 9.42 Å². The Morgan fingerprint density at radius 3 is 2.68 bits per heavy atom. The van der Waals surface area contributed by atoms with E-state index in [-0.39, 0.29) is 29.9 Å². The summed E-state index contributed by atoms with van der Waals surface area (Å²) in [5, 5.41) is 3.43. The molecule has 0 saturated carbocycles. The van der Waals surface area contributed by atoms with Crippen LogP contribution in [-0.4, -0.2) is 48.0 Å². The van der Waals surface area contributed by atoms with Gasteiger partial charge in [-0.25, -0.2) is 8.42 Å². The van der Waals surface area contributed by atoms with E-state index < -0.39 is 15.1 Å². The lowest BCUT2D eigenvalue weighted by atomic mass is 10.1. The Kier molecular flexibility index (Phi) is 2.87. The lowest BCUT2D eigenvalue weighted by molar-refractivity contribution is 0.0735. The number of nitrogens with zero attached hydrogens (tertiary/aromatic N) is 2. The molecule has 1 amide bonds. The summed E-state index contributed by atoms with van der Waals surface area (Å²) in [7, 11) is -3.01. The number of hydrogen-bond acceptors (Lipinski definition) is 5. The smallest absolute Gasteiger partial charge is 0.276 e. The zero-order chi connectivity index (χ0) is 15.3. The average molecular weight is 318 g/mol. The van der Waals surface area contributed by atoms with Gasteiger partial charge in [-0.2, -0.15) is 0 Å². The molecular formula is C15H14N2O4S. The summed E-state index contributed by atoms with van der Waals surface area (Å²) >= 11 is 0. The van der Waals surface area contributed by atoms with Crippen molar-refractivity contribution in [2.75, 3.05) is 12.3 Å². The zero-order valence-electron chi connectivity index (χ0n) is 11.7. The molecule has 22 heavy (non-hydrogen) atoms. The number of aromatic nitrogens is 1. The molecule has 1 aromatic carbocycles. The van der Waals surface area contributed by atoms with Crippen LogP contribution < -0.4 is 0 Å². The Labute approximate surface area is 127 Å². The van der Waals surface area contributed by atoms with Crippen LogP contribution in [0, 0.1) is 0 Å². The molecule has 2 aliphatic rings. The summed E-state index contributed by atoms with van der Waals surface area (Å²) in [4.78, 5) is 14.1. The van der Waals surface area contributed by atoms with Gasteiger partial charge in [-0.15, -0.1) is 0 Å². The molecule has 0 aliphatic carbocycles. The second kappa shape index (κ2) is 4.67. The largest absolute Gasteiger partial charge is 0.355 e. The van der Waals surface area contributed by atoms with Crippen molar-refractivity contribution >= 4 is 15.7 Å². The van der Waals surface area contributed by atoms with Crippen molar-refractivity contribution in [1.82, 2.24) is 10.1 Å². The third kappa shape index (κ3) is 2.04. The summed E-state index contributed by atoms with van der Waals surface area (Å²) in [6.45, 7) is 0.263. The van der Waals surface area contributed by atoms with Gasteiger partial charge in [0, 0.05) is 24.2 Å². The van der Waals surface area contributed by atoms with Crippen molar-refractivity contribution < 1.29 is 17.7 Å². The SMILES string of the molecule is O=C(c1cc(-c2ccccc2)on1)N1CC2CC1CS2(=O)=O. The lowest BCUT2D eigenvalue weighted by Gasteiger charge is -2.25. The van der Waals surface area contributed by atoms with Crippen LogP contribution in [0.4, 0.5) is 0 Å². The molecule has 2 bridgehead atoms. The fourth-order valence-electron chi connectivity index (χ4n) is 3.21. The molecule has 2 atom stereocenters. The number of likely N-dealkylation sites (tertiary alicyclic amines) is 1. The predicted molar refractivity (Wildman–Crippen MR) is 79.0 cm³/mol. The Balaban J connectivity index is 1.57. The molecule has 1 aromatic heterocycles. The number of rotatable bonds is 2. The Hall–Kier alpha value is -2.15. The second-order valence-electron chi connectivity index (χ2n) is 5.74. The van der Waals surface area contributed by atoms with Crippen LogP contribution in [0.5, 0.6) is 0 Å². The fraction of sp³-hybridized carbons (Fsp3) is 0.333. The number of carbonyl (C=O) groups is 1. The molecule has 2 fully saturated rings. The van der Waals surface area contributed by atoms with E-state index in [4.69, 9.17) is 4.52 Å². The molecule has 3 heterocycles. The second-order valence-corrected chi connectivity index (χ2v) is 8.07. The molecule has 0 spiro atoms. The molecule has 0 N–H and O–H groups in total. The van der Waals surface area contributed by atoms with E-state index in [9.17, 15) is 13.2 Å². The van der Waals surface area contributed by atoms with Crippen LogP contribution >= 0.6 is 0 Å². The van der Waals surface area contributed by atoms with Crippen LogP contribution in [-0.2, 0) is 9.84 Å². The minimum absolute atomic E-state index is 0.0623. The number of benzene rings is 1. The molecule has 2 unspecified atom stereocenters. The van der Waals surface area contributed by atoms with Crippen molar-refractivity contribution in [3.8, 4) is 11.3 Å². The van der Waals surface area contributed by atoms with Gasteiger partial charge in [0.05, 0.1) is 11.0 Å². The molecular weight excluding hydrogens is 304 g/mol. The maximum atomic E-state index is 12.5. The first-order valence-corrected chi connectivity index (χ1v) is 8.81. The number of carbonyl (C=O) groups excluding carboxylic acids is 1. The fourth-order valence-corrected chi connectivity index (χ4v) is 5.23. The van der Waals surface area contributed by atoms with Crippen LogP contribution in [0.3, 0.4) is 0 Å². The molecule has 2 aromatic rings. The molecule has 2 saturated heterocycles. The first kappa shape index (κ1) is 13.5. The van der Waals surface area contributed by atoms with Gasteiger partial charge in [0.25, 0.3) is 5.91 Å². The van der Waals surface area contributed by atoms with Crippen LogP contribution in [0.1, 0.15) is 16.9 Å². The number of hydrogen-bond donors (Lipinski definition) is 0. The average Bonchev–Trinajstić information content (AvgIpc) is 3.20. The third-order valence-corrected chi connectivity index (χ3v) is 6.56. The summed E-state index contributed by atoms with van der Waals surface area (Å²) in [5.74, 6) is 0.335. The van der Waals surface area contributed by atoms with Crippen molar-refractivity contribution in [1.29, 1.82) is 0 Å². The number of sulfone groups is 1. The first-order chi connectivity index (χ1) is 10.5.